The lowest BCUT2D eigenvalue weighted by atomic mass is 10.1. The van der Waals surface area contributed by atoms with Gasteiger partial charge in [0.2, 0.25) is 0 Å². The summed E-state index contributed by atoms with van der Waals surface area (Å²) >= 11 is 0. The minimum atomic E-state index is -3.39. The molecule has 0 fully saturated rings. The molecule has 1 aromatic carbocycles. The van der Waals surface area contributed by atoms with Gasteiger partial charge in [-0.3, -0.25) is 0 Å². The van der Waals surface area contributed by atoms with E-state index in [-0.39, 0.29) is 9.92 Å². The predicted molar refractivity (Wildman–Crippen MR) is 108 cm³/mol. The first kappa shape index (κ1) is 19.2. The van der Waals surface area contributed by atoms with Gasteiger partial charge in [-0.2, -0.15) is 5.10 Å². The average molecular weight is 428 g/mol. The molecule has 29 heavy (non-hydrogen) atoms. The molecule has 0 amide bonds. The number of hydrogen-bond acceptors (Lipinski definition) is 7. The monoisotopic (exact) mass is 428 g/mol. The fraction of sp³-hybridized carbons (Fsp3) is 0.105. The summed E-state index contributed by atoms with van der Waals surface area (Å²) in [7, 11) is -6.72. The minimum Gasteiger partial charge on any atom is -0.244 e. The Kier molecular flexibility index (Phi) is 4.47. The second kappa shape index (κ2) is 6.75. The van der Waals surface area contributed by atoms with E-state index in [2.05, 4.69) is 15.1 Å². The first-order valence-corrected chi connectivity index (χ1v) is 12.2. The average Bonchev–Trinajstić information content (AvgIpc) is 3.10. The number of sulfone groups is 2. The van der Waals surface area contributed by atoms with Crippen LogP contribution in [-0.4, -0.2) is 48.9 Å². The minimum absolute atomic E-state index is 0.0127. The van der Waals surface area contributed by atoms with Crippen LogP contribution in [0, 0.1) is 0 Å². The Morgan fingerprint density at radius 2 is 1.59 bits per heavy atom. The summed E-state index contributed by atoms with van der Waals surface area (Å²) in [6.07, 6.45) is 5.33. The van der Waals surface area contributed by atoms with Crippen molar-refractivity contribution in [2.45, 2.75) is 9.92 Å². The molecule has 3 heterocycles. The van der Waals surface area contributed by atoms with E-state index in [4.69, 9.17) is 0 Å². The van der Waals surface area contributed by atoms with Gasteiger partial charge in [-0.25, -0.2) is 31.3 Å². The summed E-state index contributed by atoms with van der Waals surface area (Å²) in [5.41, 5.74) is 3.10. The molecule has 0 bridgehead atoms. The standard InChI is InChI=1S/C19H16N4O4S2/c1-28(24,25)15-5-3-4-13(10-15)16-7-8-18-20-12-17(23(18)22-16)14-6-9-19(21-11-14)29(2,26)27/h3-12H,1-2H3. The number of imidazole rings is 1. The van der Waals surface area contributed by atoms with Crippen LogP contribution in [0.15, 0.2) is 70.8 Å². The molecule has 0 saturated carbocycles. The van der Waals surface area contributed by atoms with Gasteiger partial charge >= 0.3 is 0 Å². The van der Waals surface area contributed by atoms with Crippen LogP contribution in [0.4, 0.5) is 0 Å². The van der Waals surface area contributed by atoms with Crippen LogP contribution >= 0.6 is 0 Å². The van der Waals surface area contributed by atoms with E-state index in [1.54, 1.807) is 47.1 Å². The molecule has 0 spiro atoms. The van der Waals surface area contributed by atoms with Gasteiger partial charge in [0.05, 0.1) is 22.5 Å². The number of pyridine rings is 1. The van der Waals surface area contributed by atoms with Gasteiger partial charge in [0.1, 0.15) is 0 Å². The second-order valence-corrected chi connectivity index (χ2v) is 10.6. The molecule has 3 aromatic heterocycles. The molecule has 0 aliphatic carbocycles. The topological polar surface area (TPSA) is 111 Å². The Balaban J connectivity index is 1.82. The van der Waals surface area contributed by atoms with E-state index in [1.165, 1.54) is 18.3 Å². The van der Waals surface area contributed by atoms with Crippen molar-refractivity contribution in [1.29, 1.82) is 0 Å². The summed E-state index contributed by atoms with van der Waals surface area (Å²) in [4.78, 5) is 8.54. The van der Waals surface area contributed by atoms with E-state index in [0.717, 1.165) is 12.5 Å². The number of aromatic nitrogens is 4. The van der Waals surface area contributed by atoms with Gasteiger partial charge < -0.3 is 0 Å². The van der Waals surface area contributed by atoms with Crippen molar-refractivity contribution in [2.24, 2.45) is 0 Å². The maximum Gasteiger partial charge on any atom is 0.192 e. The van der Waals surface area contributed by atoms with E-state index < -0.39 is 19.7 Å². The molecule has 0 radical (unpaired) electrons. The Hall–Kier alpha value is -3.11. The molecule has 4 aromatic rings. The third-order valence-corrected chi connectivity index (χ3v) is 6.44. The fourth-order valence-electron chi connectivity index (χ4n) is 2.86. The van der Waals surface area contributed by atoms with Gasteiger partial charge in [0, 0.05) is 29.8 Å². The highest BCUT2D eigenvalue weighted by molar-refractivity contribution is 7.91. The third-order valence-electron chi connectivity index (χ3n) is 4.33. The van der Waals surface area contributed by atoms with Crippen molar-refractivity contribution in [1.82, 2.24) is 19.6 Å². The summed E-state index contributed by atoms with van der Waals surface area (Å²) < 4.78 is 48.5. The lowest BCUT2D eigenvalue weighted by Crippen LogP contribution is -2.01. The first-order valence-electron chi connectivity index (χ1n) is 8.45. The molecule has 0 aliphatic rings. The van der Waals surface area contributed by atoms with Gasteiger partial charge in [-0.15, -0.1) is 0 Å². The summed E-state index contributed by atoms with van der Waals surface area (Å²) in [5, 5.41) is 4.58. The van der Waals surface area contributed by atoms with Crippen LogP contribution < -0.4 is 0 Å². The highest BCUT2D eigenvalue weighted by atomic mass is 32.2. The molecule has 0 atom stereocenters. The zero-order valence-electron chi connectivity index (χ0n) is 15.5. The van der Waals surface area contributed by atoms with Crippen molar-refractivity contribution >= 4 is 25.3 Å². The number of nitrogens with zero attached hydrogens (tertiary/aromatic N) is 4. The summed E-state index contributed by atoms with van der Waals surface area (Å²) in [5.74, 6) is 0. The predicted octanol–water partition coefficient (Wildman–Crippen LogP) is 2.27. The molecule has 10 heteroatoms. The van der Waals surface area contributed by atoms with Gasteiger partial charge in [-0.1, -0.05) is 12.1 Å². The van der Waals surface area contributed by atoms with Crippen molar-refractivity contribution in [2.75, 3.05) is 12.5 Å². The van der Waals surface area contributed by atoms with Crippen molar-refractivity contribution in [3.8, 4) is 22.5 Å². The summed E-state index contributed by atoms with van der Waals surface area (Å²) in [6, 6.07) is 13.2. The second-order valence-electron chi connectivity index (χ2n) is 6.59. The Morgan fingerprint density at radius 1 is 0.793 bits per heavy atom. The number of benzene rings is 1. The molecule has 4 rings (SSSR count). The largest absolute Gasteiger partial charge is 0.244 e. The smallest absolute Gasteiger partial charge is 0.192 e. The molecular weight excluding hydrogens is 412 g/mol. The SMILES string of the molecule is CS(=O)(=O)c1cccc(-c2ccc3ncc(-c4ccc(S(C)(=O)=O)nc4)n3n2)c1. The Labute approximate surface area is 167 Å². The Bertz CT molecular complexity index is 1440. The molecule has 8 nitrogen and oxygen atoms in total. The van der Waals surface area contributed by atoms with Gasteiger partial charge in [0.15, 0.2) is 30.3 Å². The molecule has 0 saturated heterocycles. The maximum atomic E-state index is 11.8. The van der Waals surface area contributed by atoms with Gasteiger partial charge in [-0.05, 0) is 36.4 Å². The molecule has 0 N–H and O–H groups in total. The normalized spacial score (nSPS) is 12.3. The highest BCUT2D eigenvalue weighted by Crippen LogP contribution is 2.24. The quantitative estimate of drug-likeness (QED) is 0.490. The number of rotatable bonds is 4. The maximum absolute atomic E-state index is 11.8. The van der Waals surface area contributed by atoms with E-state index >= 15 is 0 Å². The summed E-state index contributed by atoms with van der Waals surface area (Å²) in [6.45, 7) is 0. The molecule has 0 aliphatic heterocycles. The third kappa shape index (κ3) is 3.76. The van der Waals surface area contributed by atoms with E-state index in [9.17, 15) is 16.8 Å². The molecule has 0 unspecified atom stereocenters. The zero-order chi connectivity index (χ0) is 20.8. The van der Waals surface area contributed by atoms with Crippen molar-refractivity contribution < 1.29 is 16.8 Å². The zero-order valence-corrected chi connectivity index (χ0v) is 17.1. The highest BCUT2D eigenvalue weighted by Gasteiger charge is 2.13. The van der Waals surface area contributed by atoms with Crippen LogP contribution in [0.3, 0.4) is 0 Å². The van der Waals surface area contributed by atoms with Crippen molar-refractivity contribution in [3.05, 3.63) is 60.9 Å². The van der Waals surface area contributed by atoms with E-state index in [0.29, 0.717) is 28.2 Å². The van der Waals surface area contributed by atoms with Crippen LogP contribution in [0.5, 0.6) is 0 Å². The molecular formula is C19H16N4O4S2. The van der Waals surface area contributed by atoms with Gasteiger partial charge in [0.25, 0.3) is 0 Å². The molecule has 148 valence electrons. The number of fused-ring (bicyclic) bond motifs is 1. The Morgan fingerprint density at radius 3 is 2.24 bits per heavy atom. The van der Waals surface area contributed by atoms with Crippen LogP contribution in [0.25, 0.3) is 28.2 Å². The first-order chi connectivity index (χ1) is 13.6. The lowest BCUT2D eigenvalue weighted by Gasteiger charge is -2.06. The fourth-order valence-corrected chi connectivity index (χ4v) is 4.09. The van der Waals surface area contributed by atoms with Crippen LogP contribution in [-0.2, 0) is 19.7 Å². The lowest BCUT2D eigenvalue weighted by molar-refractivity contribution is 0.597. The number of hydrogen-bond donors (Lipinski definition) is 0. The van der Waals surface area contributed by atoms with Crippen LogP contribution in [0.2, 0.25) is 0 Å². The van der Waals surface area contributed by atoms with Crippen LogP contribution in [0.1, 0.15) is 0 Å². The van der Waals surface area contributed by atoms with Crippen molar-refractivity contribution in [3.63, 3.8) is 0 Å². The van der Waals surface area contributed by atoms with E-state index in [1.807, 2.05) is 0 Å².